The Labute approximate surface area is 56.3 Å². The van der Waals surface area contributed by atoms with Gasteiger partial charge in [-0.05, 0) is 18.4 Å². The van der Waals surface area contributed by atoms with Crippen molar-refractivity contribution in [2.24, 2.45) is 11.7 Å². The third-order valence-electron chi connectivity index (χ3n) is 1.23. The lowest BCUT2D eigenvalue weighted by atomic mass is 10.0. The Morgan fingerprint density at radius 1 is 1.56 bits per heavy atom. The van der Waals surface area contributed by atoms with Crippen LogP contribution in [0, 0.1) is 11.3 Å². The molecule has 0 saturated carbocycles. The molecule has 0 aliphatic carbocycles. The summed E-state index contributed by atoms with van der Waals surface area (Å²) in [6.45, 7) is 5.87. The van der Waals surface area contributed by atoms with Crippen molar-refractivity contribution < 1.29 is 0 Å². The Kier molecular flexibility index (Phi) is 2.99. The second kappa shape index (κ2) is 3.28. The third kappa shape index (κ3) is 2.31. The van der Waals surface area contributed by atoms with Crippen LogP contribution in [0.1, 0.15) is 20.8 Å². The van der Waals surface area contributed by atoms with E-state index in [4.69, 9.17) is 11.1 Å². The van der Waals surface area contributed by atoms with Crippen LogP contribution in [0.25, 0.3) is 0 Å². The minimum absolute atomic E-state index is 0.368. The summed E-state index contributed by atoms with van der Waals surface area (Å²) < 4.78 is 0. The molecule has 0 aromatic heterocycles. The number of hydrogen-bond donors (Lipinski definition) is 2. The molecular formula is C7H14N2. The van der Waals surface area contributed by atoms with Crippen LogP contribution in [0.3, 0.4) is 0 Å². The van der Waals surface area contributed by atoms with Crippen molar-refractivity contribution in [2.45, 2.75) is 20.8 Å². The lowest BCUT2D eigenvalue weighted by Crippen LogP contribution is -2.04. The highest BCUT2D eigenvalue weighted by molar-refractivity contribution is 5.77. The van der Waals surface area contributed by atoms with Crippen molar-refractivity contribution in [2.75, 3.05) is 0 Å². The van der Waals surface area contributed by atoms with E-state index in [9.17, 15) is 0 Å². The van der Waals surface area contributed by atoms with Crippen LogP contribution in [0.2, 0.25) is 0 Å². The van der Waals surface area contributed by atoms with E-state index in [1.54, 1.807) is 0 Å². The molecule has 0 fully saturated rings. The molecule has 52 valence electrons. The van der Waals surface area contributed by atoms with Gasteiger partial charge in [0.05, 0.1) is 0 Å². The molecule has 9 heavy (non-hydrogen) atoms. The van der Waals surface area contributed by atoms with Gasteiger partial charge in [0.15, 0.2) is 0 Å². The van der Waals surface area contributed by atoms with Crippen molar-refractivity contribution >= 4 is 6.21 Å². The predicted molar refractivity (Wildman–Crippen MR) is 40.5 cm³/mol. The van der Waals surface area contributed by atoms with E-state index in [1.807, 2.05) is 20.8 Å². The van der Waals surface area contributed by atoms with Crippen LogP contribution < -0.4 is 5.73 Å². The summed E-state index contributed by atoms with van der Waals surface area (Å²) in [4.78, 5) is 0. The fourth-order valence-corrected chi connectivity index (χ4v) is 0.736. The highest BCUT2D eigenvalue weighted by Gasteiger charge is 2.00. The molecular weight excluding hydrogens is 112 g/mol. The second-order valence-electron chi connectivity index (χ2n) is 2.44. The Morgan fingerprint density at radius 2 is 2.00 bits per heavy atom. The quantitative estimate of drug-likeness (QED) is 0.541. The normalized spacial score (nSPS) is 13.3. The fourth-order valence-electron chi connectivity index (χ4n) is 0.736. The first-order valence-electron chi connectivity index (χ1n) is 3.06. The van der Waals surface area contributed by atoms with Crippen molar-refractivity contribution in [1.82, 2.24) is 0 Å². The monoisotopic (exact) mass is 126 g/mol. The SMILES string of the molecule is C/C(N)=C(/C=N)C(C)C. The zero-order valence-corrected chi connectivity index (χ0v) is 6.23. The first kappa shape index (κ1) is 8.21. The molecule has 0 rings (SSSR count). The average molecular weight is 126 g/mol. The number of nitrogens with two attached hydrogens (primary N) is 1. The van der Waals surface area contributed by atoms with Crippen molar-refractivity contribution in [3.63, 3.8) is 0 Å². The maximum atomic E-state index is 6.96. The van der Waals surface area contributed by atoms with Crippen molar-refractivity contribution in [3.8, 4) is 0 Å². The van der Waals surface area contributed by atoms with Crippen LogP contribution in [-0.2, 0) is 0 Å². The minimum atomic E-state index is 0.368. The number of hydrogen-bond acceptors (Lipinski definition) is 2. The van der Waals surface area contributed by atoms with Crippen LogP contribution in [-0.4, -0.2) is 6.21 Å². The van der Waals surface area contributed by atoms with Crippen molar-refractivity contribution in [3.05, 3.63) is 11.3 Å². The summed E-state index contributed by atoms with van der Waals surface area (Å²) in [6, 6.07) is 0. The van der Waals surface area contributed by atoms with Gasteiger partial charge in [0, 0.05) is 11.9 Å². The van der Waals surface area contributed by atoms with Crippen LogP contribution in [0.4, 0.5) is 0 Å². The molecule has 2 heteroatoms. The van der Waals surface area contributed by atoms with Gasteiger partial charge in [0.1, 0.15) is 0 Å². The highest BCUT2D eigenvalue weighted by Crippen LogP contribution is 2.07. The van der Waals surface area contributed by atoms with Crippen molar-refractivity contribution in [1.29, 1.82) is 5.41 Å². The molecule has 0 aromatic carbocycles. The van der Waals surface area contributed by atoms with E-state index >= 15 is 0 Å². The highest BCUT2D eigenvalue weighted by atomic mass is 14.6. The summed E-state index contributed by atoms with van der Waals surface area (Å²) in [5.74, 6) is 0.368. The van der Waals surface area contributed by atoms with Gasteiger partial charge >= 0.3 is 0 Å². The maximum Gasteiger partial charge on any atom is 0.0229 e. The molecule has 0 aliphatic heterocycles. The third-order valence-corrected chi connectivity index (χ3v) is 1.23. The molecule has 0 aliphatic rings. The minimum Gasteiger partial charge on any atom is -0.402 e. The summed E-state index contributed by atoms with van der Waals surface area (Å²) in [7, 11) is 0. The maximum absolute atomic E-state index is 6.96. The van der Waals surface area contributed by atoms with Gasteiger partial charge in [-0.1, -0.05) is 13.8 Å². The Hall–Kier alpha value is -0.790. The number of nitrogens with one attached hydrogen (secondary N) is 1. The molecule has 0 saturated heterocycles. The Balaban J connectivity index is 4.34. The molecule has 0 bridgehead atoms. The number of rotatable bonds is 2. The summed E-state index contributed by atoms with van der Waals surface area (Å²) in [6.07, 6.45) is 1.32. The lowest BCUT2D eigenvalue weighted by molar-refractivity contribution is 0.792. The molecule has 0 heterocycles. The first-order valence-corrected chi connectivity index (χ1v) is 3.06. The average Bonchev–Trinajstić information content (AvgIpc) is 1.64. The Bertz CT molecular complexity index is 130. The van der Waals surface area contributed by atoms with Gasteiger partial charge in [-0.3, -0.25) is 0 Å². The topological polar surface area (TPSA) is 49.9 Å². The summed E-state index contributed by atoms with van der Waals surface area (Å²) >= 11 is 0. The zero-order valence-electron chi connectivity index (χ0n) is 6.23. The molecule has 0 aromatic rings. The molecule has 3 N–H and O–H groups in total. The lowest BCUT2D eigenvalue weighted by Gasteiger charge is -2.05. The van der Waals surface area contributed by atoms with E-state index in [-0.39, 0.29) is 0 Å². The smallest absolute Gasteiger partial charge is 0.0229 e. The number of allylic oxidation sites excluding steroid dienone is 2. The van der Waals surface area contributed by atoms with Crippen LogP contribution in [0.5, 0.6) is 0 Å². The van der Waals surface area contributed by atoms with Gasteiger partial charge < -0.3 is 11.1 Å². The van der Waals surface area contributed by atoms with Gasteiger partial charge in [-0.2, -0.15) is 0 Å². The largest absolute Gasteiger partial charge is 0.402 e. The standard InChI is InChI=1S/C7H14N2/c1-5(2)7(4-8)6(3)9/h4-5,8H,9H2,1-3H3/b7-6+,8-4?. The molecule has 0 unspecified atom stereocenters. The molecule has 0 amide bonds. The van der Waals surface area contributed by atoms with E-state index < -0.39 is 0 Å². The zero-order chi connectivity index (χ0) is 7.44. The van der Waals surface area contributed by atoms with Gasteiger partial charge in [-0.15, -0.1) is 0 Å². The molecule has 2 nitrogen and oxygen atoms in total. The van der Waals surface area contributed by atoms with Gasteiger partial charge in [0.25, 0.3) is 0 Å². The van der Waals surface area contributed by atoms with E-state index in [0.29, 0.717) is 5.92 Å². The Morgan fingerprint density at radius 3 is 2.00 bits per heavy atom. The summed E-state index contributed by atoms with van der Waals surface area (Å²) in [5, 5.41) is 6.96. The van der Waals surface area contributed by atoms with Crippen LogP contribution >= 0.6 is 0 Å². The first-order chi connectivity index (χ1) is 4.09. The predicted octanol–water partition coefficient (Wildman–Crippen LogP) is 1.52. The van der Waals surface area contributed by atoms with Gasteiger partial charge in [0.2, 0.25) is 0 Å². The molecule has 0 spiro atoms. The molecule has 0 atom stereocenters. The fraction of sp³-hybridized carbons (Fsp3) is 0.571. The van der Waals surface area contributed by atoms with E-state index in [1.165, 1.54) is 6.21 Å². The van der Waals surface area contributed by atoms with Crippen LogP contribution in [0.15, 0.2) is 11.3 Å². The van der Waals surface area contributed by atoms with Gasteiger partial charge in [-0.25, -0.2) is 0 Å². The van der Waals surface area contributed by atoms with E-state index in [2.05, 4.69) is 0 Å². The molecule has 0 radical (unpaired) electrons. The van der Waals surface area contributed by atoms with E-state index in [0.717, 1.165) is 11.3 Å². The summed E-state index contributed by atoms with van der Waals surface area (Å²) in [5.41, 5.74) is 7.15. The second-order valence-corrected chi connectivity index (χ2v) is 2.44.